The number of nitrogens with one attached hydrogen (secondary N) is 1. The molecule has 0 radical (unpaired) electrons. The first-order valence-corrected chi connectivity index (χ1v) is 8.72. The van der Waals surface area contributed by atoms with E-state index >= 15 is 0 Å². The fourth-order valence-electron chi connectivity index (χ4n) is 2.33. The van der Waals surface area contributed by atoms with Crippen LogP contribution in [0.1, 0.15) is 6.42 Å². The molecule has 0 aromatic heterocycles. The smallest absolute Gasteiger partial charge is 0.339 e. The summed E-state index contributed by atoms with van der Waals surface area (Å²) in [5.74, 6) is -0.459. The Balaban J connectivity index is 1.78. The van der Waals surface area contributed by atoms with Crippen LogP contribution in [-0.2, 0) is 10.1 Å². The quantitative estimate of drug-likeness (QED) is 0.860. The molecule has 1 aliphatic rings. The molecule has 6 nitrogen and oxygen atoms in total. The van der Waals surface area contributed by atoms with E-state index in [2.05, 4.69) is 5.32 Å². The van der Waals surface area contributed by atoms with Crippen LogP contribution in [0.2, 0.25) is 0 Å². The van der Waals surface area contributed by atoms with Crippen LogP contribution in [-0.4, -0.2) is 27.5 Å². The summed E-state index contributed by atoms with van der Waals surface area (Å²) >= 11 is 0. The molecule has 0 atom stereocenters. The van der Waals surface area contributed by atoms with Crippen molar-refractivity contribution < 1.29 is 21.8 Å². The molecule has 0 bridgehead atoms. The van der Waals surface area contributed by atoms with Gasteiger partial charge in [-0.3, -0.25) is 4.90 Å². The second-order valence-corrected chi connectivity index (χ2v) is 6.77. The van der Waals surface area contributed by atoms with E-state index in [9.17, 15) is 17.6 Å². The van der Waals surface area contributed by atoms with E-state index in [1.807, 2.05) is 0 Å². The van der Waals surface area contributed by atoms with E-state index in [1.54, 1.807) is 17.0 Å². The minimum Gasteiger partial charge on any atom is -0.379 e. The van der Waals surface area contributed by atoms with Crippen molar-refractivity contribution in [2.45, 2.75) is 11.3 Å². The van der Waals surface area contributed by atoms with Gasteiger partial charge < -0.3 is 9.50 Å². The second kappa shape index (κ2) is 6.48. The number of hydrogen-bond donors (Lipinski definition) is 1. The minimum atomic E-state index is -4.03. The SMILES string of the molecule is O=C1NCCCN1c1ccc(S(=O)(=O)Oc2ccc(F)cc2)cc1. The van der Waals surface area contributed by atoms with Crippen molar-refractivity contribution in [1.29, 1.82) is 0 Å². The maximum absolute atomic E-state index is 12.9. The zero-order valence-electron chi connectivity index (χ0n) is 12.6. The van der Waals surface area contributed by atoms with Crippen molar-refractivity contribution >= 4 is 21.8 Å². The molecular formula is C16H15FN2O4S. The highest BCUT2D eigenvalue weighted by molar-refractivity contribution is 7.87. The molecule has 0 spiro atoms. The summed E-state index contributed by atoms with van der Waals surface area (Å²) in [5.41, 5.74) is 0.605. The zero-order chi connectivity index (χ0) is 17.2. The molecule has 126 valence electrons. The van der Waals surface area contributed by atoms with Gasteiger partial charge in [0, 0.05) is 18.8 Å². The molecule has 1 aliphatic heterocycles. The Morgan fingerprint density at radius 1 is 1.04 bits per heavy atom. The third-order valence-electron chi connectivity index (χ3n) is 3.54. The van der Waals surface area contributed by atoms with Crippen molar-refractivity contribution in [2.75, 3.05) is 18.0 Å². The third kappa shape index (κ3) is 3.48. The van der Waals surface area contributed by atoms with Gasteiger partial charge in [-0.1, -0.05) is 0 Å². The summed E-state index contributed by atoms with van der Waals surface area (Å²) in [6.45, 7) is 1.21. The highest BCUT2D eigenvalue weighted by atomic mass is 32.2. The molecule has 1 fully saturated rings. The van der Waals surface area contributed by atoms with Crippen LogP contribution >= 0.6 is 0 Å². The topological polar surface area (TPSA) is 75.7 Å². The normalized spacial score (nSPS) is 15.0. The first-order valence-electron chi connectivity index (χ1n) is 7.31. The molecule has 0 aliphatic carbocycles. The number of halogens is 1. The van der Waals surface area contributed by atoms with Gasteiger partial charge in [0.05, 0.1) is 0 Å². The Morgan fingerprint density at radius 2 is 1.71 bits per heavy atom. The Hall–Kier alpha value is -2.61. The Kier molecular flexibility index (Phi) is 4.39. The van der Waals surface area contributed by atoms with E-state index in [1.165, 1.54) is 24.3 Å². The van der Waals surface area contributed by atoms with E-state index < -0.39 is 15.9 Å². The van der Waals surface area contributed by atoms with Crippen LogP contribution in [0.3, 0.4) is 0 Å². The van der Waals surface area contributed by atoms with Gasteiger partial charge in [-0.2, -0.15) is 8.42 Å². The fourth-order valence-corrected chi connectivity index (χ4v) is 3.26. The van der Waals surface area contributed by atoms with Gasteiger partial charge in [0.2, 0.25) is 0 Å². The van der Waals surface area contributed by atoms with Crippen LogP contribution in [0.25, 0.3) is 0 Å². The van der Waals surface area contributed by atoms with Crippen molar-refractivity contribution in [3.63, 3.8) is 0 Å². The van der Waals surface area contributed by atoms with Crippen molar-refractivity contribution in [3.05, 3.63) is 54.3 Å². The third-order valence-corrected chi connectivity index (χ3v) is 4.80. The molecule has 24 heavy (non-hydrogen) atoms. The molecule has 3 rings (SSSR count). The highest BCUT2D eigenvalue weighted by Gasteiger charge is 2.21. The lowest BCUT2D eigenvalue weighted by atomic mass is 10.2. The van der Waals surface area contributed by atoms with Gasteiger partial charge >= 0.3 is 16.1 Å². The first-order chi connectivity index (χ1) is 11.5. The predicted molar refractivity (Wildman–Crippen MR) is 86.0 cm³/mol. The molecule has 1 N–H and O–H groups in total. The molecule has 0 saturated carbocycles. The van der Waals surface area contributed by atoms with Crippen molar-refractivity contribution in [1.82, 2.24) is 5.32 Å². The van der Waals surface area contributed by atoms with Gasteiger partial charge in [-0.25, -0.2) is 9.18 Å². The number of rotatable bonds is 4. The standard InChI is InChI=1S/C16H15FN2O4S/c17-12-2-6-14(7-3-12)23-24(21,22)15-8-4-13(5-9-15)19-11-1-10-18-16(19)20/h2-9H,1,10-11H2,(H,18,20). The fraction of sp³-hybridized carbons (Fsp3) is 0.188. The summed E-state index contributed by atoms with van der Waals surface area (Å²) in [6, 6.07) is 10.3. The van der Waals surface area contributed by atoms with Gasteiger partial charge in [0.25, 0.3) is 0 Å². The lowest BCUT2D eigenvalue weighted by molar-refractivity contribution is 0.243. The summed E-state index contributed by atoms with van der Waals surface area (Å²) < 4.78 is 42.3. The average Bonchev–Trinajstić information content (AvgIpc) is 2.57. The van der Waals surface area contributed by atoms with E-state index in [4.69, 9.17) is 4.18 Å². The molecule has 8 heteroatoms. The summed E-state index contributed by atoms with van der Waals surface area (Å²) in [5, 5.41) is 2.73. The molecule has 2 aromatic carbocycles. The lowest BCUT2D eigenvalue weighted by Crippen LogP contribution is -2.46. The number of anilines is 1. The van der Waals surface area contributed by atoms with Crippen LogP contribution < -0.4 is 14.4 Å². The van der Waals surface area contributed by atoms with Crippen LogP contribution in [0.5, 0.6) is 5.75 Å². The molecular weight excluding hydrogens is 335 g/mol. The number of carbonyl (C=O) groups excluding carboxylic acids is 1. The number of carbonyl (C=O) groups is 1. The van der Waals surface area contributed by atoms with Gasteiger partial charge in [-0.05, 0) is 55.0 Å². The summed E-state index contributed by atoms with van der Waals surface area (Å²) in [6.07, 6.45) is 0.819. The van der Waals surface area contributed by atoms with Crippen LogP contribution in [0.4, 0.5) is 14.9 Å². The average molecular weight is 350 g/mol. The first kappa shape index (κ1) is 16.3. The predicted octanol–water partition coefficient (Wildman–Crippen LogP) is 2.51. The Bertz CT molecular complexity index is 835. The summed E-state index contributed by atoms with van der Waals surface area (Å²) in [4.78, 5) is 13.3. The van der Waals surface area contributed by atoms with Crippen LogP contribution in [0, 0.1) is 5.82 Å². The van der Waals surface area contributed by atoms with E-state index in [0.29, 0.717) is 18.8 Å². The maximum atomic E-state index is 12.9. The molecule has 1 heterocycles. The van der Waals surface area contributed by atoms with Gasteiger partial charge in [-0.15, -0.1) is 0 Å². The molecule has 2 amide bonds. The zero-order valence-corrected chi connectivity index (χ0v) is 13.4. The maximum Gasteiger partial charge on any atom is 0.339 e. The van der Waals surface area contributed by atoms with E-state index in [-0.39, 0.29) is 16.7 Å². The number of nitrogens with zero attached hydrogens (tertiary/aromatic N) is 1. The number of benzene rings is 2. The largest absolute Gasteiger partial charge is 0.379 e. The van der Waals surface area contributed by atoms with Crippen LogP contribution in [0.15, 0.2) is 53.4 Å². The van der Waals surface area contributed by atoms with Gasteiger partial charge in [0.15, 0.2) is 0 Å². The Labute approximate surface area is 139 Å². The van der Waals surface area contributed by atoms with Crippen molar-refractivity contribution in [3.8, 4) is 5.75 Å². The van der Waals surface area contributed by atoms with Gasteiger partial charge in [0.1, 0.15) is 16.5 Å². The summed E-state index contributed by atoms with van der Waals surface area (Å²) in [7, 11) is -4.03. The van der Waals surface area contributed by atoms with E-state index in [0.717, 1.165) is 18.6 Å². The molecule has 1 saturated heterocycles. The molecule has 0 unspecified atom stereocenters. The number of hydrogen-bond acceptors (Lipinski definition) is 4. The van der Waals surface area contributed by atoms with Crippen molar-refractivity contribution in [2.24, 2.45) is 0 Å². The highest BCUT2D eigenvalue weighted by Crippen LogP contribution is 2.23. The Morgan fingerprint density at radius 3 is 2.33 bits per heavy atom. The second-order valence-electron chi connectivity index (χ2n) is 5.22. The number of amides is 2. The monoisotopic (exact) mass is 350 g/mol. The molecule has 2 aromatic rings. The lowest BCUT2D eigenvalue weighted by Gasteiger charge is -2.27. The number of urea groups is 1. The minimum absolute atomic E-state index is 0.0240.